The first-order valence-electron chi connectivity index (χ1n) is 2.54. The van der Waals surface area contributed by atoms with Crippen LogP contribution in [0, 0.1) is 29.3 Å². The van der Waals surface area contributed by atoms with Gasteiger partial charge in [-0.25, -0.2) is 8.78 Å². The number of hydrogen-bond acceptors (Lipinski definition) is 0. The molecule has 0 bridgehead atoms. The molecule has 0 aliphatic heterocycles. The standard InChI is InChI=1S/C6H2F4P.ClH.Mg/c7-2-1-3(11)5(9)6(10)4(2)8;;/h11H2;1H;/q-1;;+2/p-1. The summed E-state index contributed by atoms with van der Waals surface area (Å²) < 4.78 is 48.9. The smallest absolute Gasteiger partial charge is 1.00 e. The van der Waals surface area contributed by atoms with Crippen LogP contribution in [0.2, 0.25) is 0 Å². The van der Waals surface area contributed by atoms with Gasteiger partial charge in [-0.2, -0.15) is 0 Å². The summed E-state index contributed by atoms with van der Waals surface area (Å²) in [6.07, 6.45) is 0. The maximum absolute atomic E-state index is 12.3. The first-order valence-corrected chi connectivity index (χ1v) is 3.12. The van der Waals surface area contributed by atoms with E-state index >= 15 is 0 Å². The minimum Gasteiger partial charge on any atom is -1.00 e. The summed E-state index contributed by atoms with van der Waals surface area (Å²) in [5, 5.41) is -0.457. The van der Waals surface area contributed by atoms with Crippen LogP contribution in [0.3, 0.4) is 0 Å². The Morgan fingerprint density at radius 3 is 1.85 bits per heavy atom. The van der Waals surface area contributed by atoms with Gasteiger partial charge in [-0.05, 0) is 0 Å². The van der Waals surface area contributed by atoms with Gasteiger partial charge in [0.25, 0.3) is 0 Å². The van der Waals surface area contributed by atoms with Crippen molar-refractivity contribution in [3.63, 3.8) is 0 Å². The fourth-order valence-electron chi connectivity index (χ4n) is 0.539. The van der Waals surface area contributed by atoms with E-state index in [1.165, 1.54) is 0 Å². The Balaban J connectivity index is 0. The Morgan fingerprint density at radius 2 is 1.38 bits per heavy atom. The second-order valence-corrected chi connectivity index (χ2v) is 2.37. The first-order chi connectivity index (χ1) is 5.04. The van der Waals surface area contributed by atoms with E-state index in [-0.39, 0.29) is 35.5 Å². The van der Waals surface area contributed by atoms with Gasteiger partial charge in [0, 0.05) is 5.82 Å². The van der Waals surface area contributed by atoms with Crippen LogP contribution >= 0.6 is 9.24 Å². The van der Waals surface area contributed by atoms with Gasteiger partial charge in [0.2, 0.25) is 0 Å². The van der Waals surface area contributed by atoms with Crippen molar-refractivity contribution in [2.45, 2.75) is 0 Å². The van der Waals surface area contributed by atoms with Crippen LogP contribution in [0.25, 0.3) is 0 Å². The van der Waals surface area contributed by atoms with Crippen LogP contribution < -0.4 is 17.7 Å². The minimum absolute atomic E-state index is 0. The summed E-state index contributed by atoms with van der Waals surface area (Å²) in [5.41, 5.74) is 0. The van der Waals surface area contributed by atoms with E-state index < -0.39 is 28.6 Å². The summed E-state index contributed by atoms with van der Waals surface area (Å²) in [6.45, 7) is 0. The fourth-order valence-corrected chi connectivity index (χ4v) is 0.792. The molecule has 0 radical (unpaired) electrons. The minimum atomic E-state index is -1.84. The van der Waals surface area contributed by atoms with E-state index in [2.05, 4.69) is 0 Å². The van der Waals surface area contributed by atoms with Crippen molar-refractivity contribution in [3.05, 3.63) is 29.3 Å². The molecule has 0 heterocycles. The summed E-state index contributed by atoms with van der Waals surface area (Å²) in [5.74, 6) is -6.61. The van der Waals surface area contributed by atoms with Crippen molar-refractivity contribution < 1.29 is 30.0 Å². The van der Waals surface area contributed by atoms with E-state index in [0.717, 1.165) is 0 Å². The Bertz CT molecular complexity index is 281. The molecule has 0 amide bonds. The van der Waals surface area contributed by atoms with Gasteiger partial charge in [0.05, 0.1) is 17.5 Å². The van der Waals surface area contributed by atoms with E-state index in [4.69, 9.17) is 0 Å². The zero-order valence-corrected chi connectivity index (χ0v) is 9.50. The molecule has 0 N–H and O–H groups in total. The third kappa shape index (κ3) is 3.24. The molecular weight excluding hydrogens is 239 g/mol. The molecule has 0 aromatic heterocycles. The number of rotatable bonds is 0. The van der Waals surface area contributed by atoms with Gasteiger partial charge in [0.1, 0.15) is 0 Å². The monoisotopic (exact) mass is 240 g/mol. The molecule has 68 valence electrons. The summed E-state index contributed by atoms with van der Waals surface area (Å²) >= 11 is 0. The van der Waals surface area contributed by atoms with Gasteiger partial charge in [-0.15, -0.1) is 20.6 Å². The second kappa shape index (κ2) is 6.01. The van der Waals surface area contributed by atoms with Crippen LogP contribution in [0.5, 0.6) is 0 Å². The molecule has 7 heteroatoms. The maximum atomic E-state index is 12.3. The zero-order valence-electron chi connectivity index (χ0n) is 6.17. The molecule has 1 rings (SSSR count). The topological polar surface area (TPSA) is 0 Å². The SMILES string of the molecule is Fc1[c-]c(P)c(F)c(F)c1F.[Cl-].[Mg+2]. The maximum Gasteiger partial charge on any atom is 2.00 e. The molecule has 13 heavy (non-hydrogen) atoms. The van der Waals surface area contributed by atoms with Crippen LogP contribution in [-0.2, 0) is 0 Å². The van der Waals surface area contributed by atoms with E-state index in [9.17, 15) is 17.6 Å². The zero-order chi connectivity index (χ0) is 8.59. The second-order valence-electron chi connectivity index (χ2n) is 1.79. The average Bonchev–Trinajstić information content (AvgIpc) is 1.97. The average molecular weight is 241 g/mol. The van der Waals surface area contributed by atoms with Crippen molar-refractivity contribution in [3.8, 4) is 0 Å². The predicted octanol–water partition coefficient (Wildman–Crippen LogP) is -1.83. The molecule has 0 saturated heterocycles. The van der Waals surface area contributed by atoms with Gasteiger partial charge in [0.15, 0.2) is 0 Å². The van der Waals surface area contributed by atoms with E-state index in [1.807, 2.05) is 0 Å². The fraction of sp³-hybridized carbons (Fsp3) is 0. The molecule has 0 fully saturated rings. The number of halogens is 5. The summed E-state index contributed by atoms with van der Waals surface area (Å²) in [4.78, 5) is 0. The Kier molecular flexibility index (Phi) is 7.34. The van der Waals surface area contributed by atoms with Crippen LogP contribution in [0.15, 0.2) is 0 Å². The quantitative estimate of drug-likeness (QED) is 0.125. The molecule has 1 aromatic carbocycles. The van der Waals surface area contributed by atoms with Crippen LogP contribution in [0.4, 0.5) is 17.6 Å². The number of hydrogen-bond donors (Lipinski definition) is 0. The van der Waals surface area contributed by atoms with Crippen molar-refractivity contribution in [2.75, 3.05) is 0 Å². The van der Waals surface area contributed by atoms with Crippen molar-refractivity contribution in [1.29, 1.82) is 0 Å². The van der Waals surface area contributed by atoms with Gasteiger partial charge >= 0.3 is 23.1 Å². The normalized spacial score (nSPS) is 8.69. The molecule has 0 aliphatic rings. The Labute approximate surface area is 96.8 Å². The third-order valence-electron chi connectivity index (χ3n) is 1.06. The largest absolute Gasteiger partial charge is 2.00 e. The van der Waals surface area contributed by atoms with Gasteiger partial charge in [-0.3, -0.25) is 8.78 Å². The molecule has 0 saturated carbocycles. The first kappa shape index (κ1) is 15.9. The number of benzene rings is 1. The van der Waals surface area contributed by atoms with Crippen molar-refractivity contribution in [2.24, 2.45) is 0 Å². The molecule has 0 aliphatic carbocycles. The molecule has 1 atom stereocenters. The van der Waals surface area contributed by atoms with E-state index in [1.54, 1.807) is 15.3 Å². The van der Waals surface area contributed by atoms with Gasteiger partial charge in [-0.1, -0.05) is 0 Å². The van der Waals surface area contributed by atoms with Crippen LogP contribution in [0.1, 0.15) is 0 Å². The Morgan fingerprint density at radius 1 is 0.923 bits per heavy atom. The molecule has 0 nitrogen and oxygen atoms in total. The third-order valence-corrected chi connectivity index (χ3v) is 1.46. The van der Waals surface area contributed by atoms with E-state index in [0.29, 0.717) is 0 Å². The molecule has 0 spiro atoms. The Hall–Kier alpha value is 0.426. The molecular formula is C6H2ClF4MgP. The summed E-state index contributed by atoms with van der Waals surface area (Å²) in [6, 6.07) is 1.65. The molecule has 1 aromatic rings. The van der Waals surface area contributed by atoms with Crippen molar-refractivity contribution >= 4 is 37.6 Å². The van der Waals surface area contributed by atoms with Crippen LogP contribution in [-0.4, -0.2) is 23.1 Å². The van der Waals surface area contributed by atoms with Crippen molar-refractivity contribution in [1.82, 2.24) is 0 Å². The van der Waals surface area contributed by atoms with Gasteiger partial charge < -0.3 is 12.4 Å². The summed E-state index contributed by atoms with van der Waals surface area (Å²) in [7, 11) is 1.70. The molecule has 1 unspecified atom stereocenters. The predicted molar refractivity (Wildman–Crippen MR) is 40.2 cm³/mol.